The topological polar surface area (TPSA) is 47.6 Å². The summed E-state index contributed by atoms with van der Waals surface area (Å²) in [6, 6.07) is 9.36. The van der Waals surface area contributed by atoms with Crippen LogP contribution in [-0.2, 0) is 20.9 Å². The quantitative estimate of drug-likeness (QED) is 0.311. The number of nitrogens with one attached hydrogen (secondary N) is 1. The van der Waals surface area contributed by atoms with Crippen LogP contribution in [0.15, 0.2) is 30.3 Å². The molecule has 0 amide bonds. The SMILES string of the molecule is COC(=O)[C@@H](COCc1ccccc1)NSCCCCl. The summed E-state index contributed by atoms with van der Waals surface area (Å²) in [5.41, 5.74) is 1.07. The third-order valence-electron chi connectivity index (χ3n) is 2.49. The number of carbonyl (C=O) groups excluding carboxylic acids is 1. The van der Waals surface area contributed by atoms with E-state index in [2.05, 4.69) is 4.72 Å². The van der Waals surface area contributed by atoms with Crippen molar-refractivity contribution in [3.63, 3.8) is 0 Å². The number of hydrogen-bond acceptors (Lipinski definition) is 5. The molecule has 0 saturated heterocycles. The number of rotatable bonds is 10. The summed E-state index contributed by atoms with van der Waals surface area (Å²) < 4.78 is 13.4. The van der Waals surface area contributed by atoms with E-state index in [-0.39, 0.29) is 12.6 Å². The predicted molar refractivity (Wildman–Crippen MR) is 82.8 cm³/mol. The first-order valence-corrected chi connectivity index (χ1v) is 7.92. The van der Waals surface area contributed by atoms with Gasteiger partial charge in [0.25, 0.3) is 0 Å². The van der Waals surface area contributed by atoms with E-state index in [9.17, 15) is 4.79 Å². The highest BCUT2D eigenvalue weighted by molar-refractivity contribution is 7.97. The van der Waals surface area contributed by atoms with Crippen LogP contribution in [0.25, 0.3) is 0 Å². The van der Waals surface area contributed by atoms with Crippen molar-refractivity contribution in [1.82, 2.24) is 4.72 Å². The molecule has 0 aliphatic rings. The zero-order valence-electron chi connectivity index (χ0n) is 11.5. The minimum atomic E-state index is -0.468. The highest BCUT2D eigenvalue weighted by Crippen LogP contribution is 2.05. The lowest BCUT2D eigenvalue weighted by molar-refractivity contribution is -0.144. The van der Waals surface area contributed by atoms with Crippen molar-refractivity contribution in [2.45, 2.75) is 19.1 Å². The minimum Gasteiger partial charge on any atom is -0.468 e. The molecule has 1 atom stereocenters. The number of halogens is 1. The van der Waals surface area contributed by atoms with E-state index in [0.717, 1.165) is 17.7 Å². The Balaban J connectivity index is 2.31. The molecule has 1 rings (SSSR count). The first-order chi connectivity index (χ1) is 9.77. The number of methoxy groups -OCH3 is 1. The van der Waals surface area contributed by atoms with Crippen molar-refractivity contribution in [1.29, 1.82) is 0 Å². The van der Waals surface area contributed by atoms with Crippen LogP contribution >= 0.6 is 23.5 Å². The second kappa shape index (κ2) is 11.0. The van der Waals surface area contributed by atoms with Gasteiger partial charge in [0.2, 0.25) is 0 Å². The van der Waals surface area contributed by atoms with Crippen LogP contribution in [0.2, 0.25) is 0 Å². The molecular weight excluding hydrogens is 298 g/mol. The number of alkyl halides is 1. The summed E-state index contributed by atoms with van der Waals surface area (Å²) in [6.07, 6.45) is 0.887. The Morgan fingerprint density at radius 1 is 1.40 bits per heavy atom. The molecule has 4 nitrogen and oxygen atoms in total. The largest absolute Gasteiger partial charge is 0.468 e. The summed E-state index contributed by atoms with van der Waals surface area (Å²) in [7, 11) is 1.37. The average molecular weight is 318 g/mol. The molecule has 0 radical (unpaired) electrons. The zero-order valence-corrected chi connectivity index (χ0v) is 13.1. The Bertz CT molecular complexity index is 378. The standard InChI is InChI=1S/C14H20ClNO3S/c1-18-14(17)13(16-20-9-5-8-15)11-19-10-12-6-3-2-4-7-12/h2-4,6-7,13,16H,5,8-11H2,1H3/t13-/m1/s1. The molecule has 1 aromatic carbocycles. The lowest BCUT2D eigenvalue weighted by Gasteiger charge is -2.16. The molecule has 1 N–H and O–H groups in total. The molecule has 0 unspecified atom stereocenters. The van der Waals surface area contributed by atoms with Crippen molar-refractivity contribution in [2.24, 2.45) is 0 Å². The third-order valence-corrected chi connectivity index (χ3v) is 3.70. The Labute approximate surface area is 129 Å². The molecule has 0 aromatic heterocycles. The predicted octanol–water partition coefficient (Wildman–Crippen LogP) is 2.61. The lowest BCUT2D eigenvalue weighted by Crippen LogP contribution is -2.38. The van der Waals surface area contributed by atoms with E-state index in [0.29, 0.717) is 12.5 Å². The monoisotopic (exact) mass is 317 g/mol. The molecule has 1 aromatic rings. The molecule has 0 saturated carbocycles. The second-order valence-electron chi connectivity index (χ2n) is 4.09. The van der Waals surface area contributed by atoms with Crippen molar-refractivity contribution in [3.05, 3.63) is 35.9 Å². The zero-order chi connectivity index (χ0) is 14.6. The normalized spacial score (nSPS) is 12.1. The van der Waals surface area contributed by atoms with Gasteiger partial charge in [-0.15, -0.1) is 11.6 Å². The summed E-state index contributed by atoms with van der Waals surface area (Å²) in [6.45, 7) is 0.748. The van der Waals surface area contributed by atoms with Crippen molar-refractivity contribution in [2.75, 3.05) is 25.3 Å². The van der Waals surface area contributed by atoms with Gasteiger partial charge in [-0.3, -0.25) is 4.79 Å². The van der Waals surface area contributed by atoms with Crippen LogP contribution in [0, 0.1) is 0 Å². The molecule has 20 heavy (non-hydrogen) atoms. The lowest BCUT2D eigenvalue weighted by atomic mass is 10.2. The van der Waals surface area contributed by atoms with E-state index >= 15 is 0 Å². The molecule has 0 aliphatic carbocycles. The molecule has 112 valence electrons. The van der Waals surface area contributed by atoms with E-state index < -0.39 is 6.04 Å². The third kappa shape index (κ3) is 7.14. The van der Waals surface area contributed by atoms with E-state index in [1.165, 1.54) is 19.1 Å². The fourth-order valence-corrected chi connectivity index (χ4v) is 2.51. The molecule has 0 aliphatic heterocycles. The van der Waals surface area contributed by atoms with E-state index in [4.69, 9.17) is 21.1 Å². The molecule has 0 heterocycles. The van der Waals surface area contributed by atoms with Crippen molar-refractivity contribution >= 4 is 29.5 Å². The second-order valence-corrected chi connectivity index (χ2v) is 5.40. The van der Waals surface area contributed by atoms with Crippen LogP contribution in [0.3, 0.4) is 0 Å². The number of esters is 1. The van der Waals surface area contributed by atoms with Gasteiger partial charge < -0.3 is 9.47 Å². The fraction of sp³-hybridized carbons (Fsp3) is 0.500. The molecule has 0 bridgehead atoms. The Morgan fingerprint density at radius 2 is 2.15 bits per heavy atom. The van der Waals surface area contributed by atoms with Gasteiger partial charge in [-0.25, -0.2) is 4.72 Å². The number of carbonyl (C=O) groups is 1. The molecule has 0 spiro atoms. The minimum absolute atomic E-state index is 0.273. The summed E-state index contributed by atoms with van der Waals surface area (Å²) in [5.74, 6) is 1.13. The maximum absolute atomic E-state index is 11.6. The van der Waals surface area contributed by atoms with Crippen LogP contribution in [-0.4, -0.2) is 37.4 Å². The van der Waals surface area contributed by atoms with Crippen molar-refractivity contribution in [3.8, 4) is 0 Å². The van der Waals surface area contributed by atoms with Gasteiger partial charge >= 0.3 is 5.97 Å². The van der Waals surface area contributed by atoms with Crippen LogP contribution in [0.5, 0.6) is 0 Å². The average Bonchev–Trinajstić information content (AvgIpc) is 2.50. The van der Waals surface area contributed by atoms with Gasteiger partial charge in [0.05, 0.1) is 20.3 Å². The van der Waals surface area contributed by atoms with Crippen molar-refractivity contribution < 1.29 is 14.3 Å². The Morgan fingerprint density at radius 3 is 2.80 bits per heavy atom. The first kappa shape index (κ1) is 17.3. The number of hydrogen-bond donors (Lipinski definition) is 1. The summed E-state index contributed by atoms with van der Waals surface area (Å²) >= 11 is 7.06. The van der Waals surface area contributed by atoms with Crippen LogP contribution < -0.4 is 4.72 Å². The van der Waals surface area contributed by atoms with Gasteiger partial charge in [-0.1, -0.05) is 42.3 Å². The first-order valence-electron chi connectivity index (χ1n) is 6.40. The summed E-state index contributed by atoms with van der Waals surface area (Å²) in [5, 5.41) is 0. The van der Waals surface area contributed by atoms with E-state index in [1.54, 1.807) is 0 Å². The van der Waals surface area contributed by atoms with Gasteiger partial charge in [0.1, 0.15) is 6.04 Å². The maximum atomic E-state index is 11.6. The number of ether oxygens (including phenoxy) is 2. The van der Waals surface area contributed by atoms with Gasteiger partial charge in [0, 0.05) is 11.6 Å². The Hall–Kier alpha value is -0.750. The highest BCUT2D eigenvalue weighted by atomic mass is 35.5. The Kier molecular flexibility index (Phi) is 9.49. The van der Waals surface area contributed by atoms with E-state index in [1.807, 2.05) is 30.3 Å². The molecular formula is C14H20ClNO3S. The van der Waals surface area contributed by atoms with Gasteiger partial charge in [-0.05, 0) is 12.0 Å². The maximum Gasteiger partial charge on any atom is 0.326 e. The van der Waals surface area contributed by atoms with Gasteiger partial charge in [-0.2, -0.15) is 0 Å². The molecule has 6 heteroatoms. The summed E-state index contributed by atoms with van der Waals surface area (Å²) in [4.78, 5) is 11.6. The van der Waals surface area contributed by atoms with Gasteiger partial charge in [0.15, 0.2) is 0 Å². The number of benzene rings is 1. The highest BCUT2D eigenvalue weighted by Gasteiger charge is 2.18. The molecule has 0 fully saturated rings. The smallest absolute Gasteiger partial charge is 0.326 e. The van der Waals surface area contributed by atoms with Crippen LogP contribution in [0.1, 0.15) is 12.0 Å². The van der Waals surface area contributed by atoms with Crippen LogP contribution in [0.4, 0.5) is 0 Å². The fourth-order valence-electron chi connectivity index (χ4n) is 1.45.